The Hall–Kier alpha value is -1.25. The first-order valence-electron chi connectivity index (χ1n) is 3.60. The average Bonchev–Trinajstić information content (AvgIpc) is 2.08. The fraction of sp³-hybridized carbons (Fsp3) is 0.571. The number of esters is 1. The predicted octanol–water partition coefficient (Wildman–Crippen LogP) is 0.939. The van der Waals surface area contributed by atoms with Gasteiger partial charge in [-0.1, -0.05) is 12.7 Å². The van der Waals surface area contributed by atoms with E-state index in [-0.39, 0.29) is 0 Å². The lowest BCUT2D eigenvalue weighted by Crippen LogP contribution is -2.71. The summed E-state index contributed by atoms with van der Waals surface area (Å²) in [7, 11) is 0. The van der Waals surface area contributed by atoms with E-state index in [9.17, 15) is 36.2 Å². The van der Waals surface area contributed by atoms with E-state index >= 15 is 0 Å². The number of halogens is 6. The molecule has 94 valence electrons. The Morgan fingerprint density at radius 1 is 1.19 bits per heavy atom. The fourth-order valence-electron chi connectivity index (χ4n) is 0.628. The van der Waals surface area contributed by atoms with E-state index in [1.807, 2.05) is 0 Å². The van der Waals surface area contributed by atoms with Gasteiger partial charge in [0.15, 0.2) is 5.60 Å². The highest BCUT2D eigenvalue weighted by Gasteiger charge is 2.68. The molecule has 0 aromatic heterocycles. The summed E-state index contributed by atoms with van der Waals surface area (Å²) in [6.07, 6.45) is -11.9. The van der Waals surface area contributed by atoms with Crippen LogP contribution in [0.25, 0.3) is 0 Å². The second kappa shape index (κ2) is 4.32. The number of rotatable bonds is 3. The molecule has 0 atom stereocenters. The molecular formula is C7H5F6O3-. The number of alkyl halides is 6. The van der Waals surface area contributed by atoms with Crippen molar-refractivity contribution in [1.29, 1.82) is 0 Å². The maximum atomic E-state index is 11.9. The van der Waals surface area contributed by atoms with Crippen molar-refractivity contribution in [3.63, 3.8) is 0 Å². The van der Waals surface area contributed by atoms with Crippen LogP contribution in [0.15, 0.2) is 12.7 Å². The molecule has 0 aliphatic rings. The van der Waals surface area contributed by atoms with Gasteiger partial charge < -0.3 is 9.84 Å². The second-order valence-electron chi connectivity index (χ2n) is 2.56. The first-order valence-corrected chi connectivity index (χ1v) is 3.60. The molecule has 0 unspecified atom stereocenters. The minimum atomic E-state index is -6.33. The zero-order valence-electron chi connectivity index (χ0n) is 7.48. The van der Waals surface area contributed by atoms with Crippen LogP contribution < -0.4 is 5.11 Å². The standard InChI is InChI=1S/C7H5F6O3/c1-2-3-16-4(14)5(15,6(8,9)10)7(11,12)13/h2H,1,3H2/q-1. The molecule has 0 fully saturated rings. The van der Waals surface area contributed by atoms with Gasteiger partial charge in [0.25, 0.3) is 0 Å². The third-order valence-electron chi connectivity index (χ3n) is 1.42. The fourth-order valence-corrected chi connectivity index (χ4v) is 0.628. The molecule has 0 heterocycles. The largest absolute Gasteiger partial charge is 0.828 e. The zero-order valence-corrected chi connectivity index (χ0v) is 7.48. The van der Waals surface area contributed by atoms with Crippen LogP contribution in [-0.2, 0) is 9.53 Å². The molecule has 0 spiro atoms. The number of hydrogen-bond donors (Lipinski definition) is 0. The van der Waals surface area contributed by atoms with Crippen molar-refractivity contribution in [3.05, 3.63) is 12.7 Å². The van der Waals surface area contributed by atoms with Crippen LogP contribution in [0.4, 0.5) is 26.3 Å². The Bertz CT molecular complexity index is 265. The van der Waals surface area contributed by atoms with Gasteiger partial charge in [-0.05, 0) is 0 Å². The third kappa shape index (κ3) is 2.46. The summed E-state index contributed by atoms with van der Waals surface area (Å²) in [6, 6.07) is 0. The molecule has 0 rings (SSSR count). The summed E-state index contributed by atoms with van der Waals surface area (Å²) in [6.45, 7) is 1.98. The molecular weight excluding hydrogens is 246 g/mol. The minimum absolute atomic E-state index is 0.727. The van der Waals surface area contributed by atoms with E-state index in [1.165, 1.54) is 0 Å². The van der Waals surface area contributed by atoms with Crippen molar-refractivity contribution in [2.45, 2.75) is 18.0 Å². The van der Waals surface area contributed by atoms with Gasteiger partial charge in [0.1, 0.15) is 6.61 Å². The minimum Gasteiger partial charge on any atom is -0.828 e. The van der Waals surface area contributed by atoms with Crippen LogP contribution in [0.3, 0.4) is 0 Å². The van der Waals surface area contributed by atoms with Crippen molar-refractivity contribution in [1.82, 2.24) is 0 Å². The van der Waals surface area contributed by atoms with E-state index in [0.29, 0.717) is 0 Å². The lowest BCUT2D eigenvalue weighted by atomic mass is 10.0. The number of carbonyl (C=O) groups is 1. The number of hydrogen-bond acceptors (Lipinski definition) is 3. The number of ether oxygens (including phenoxy) is 1. The Morgan fingerprint density at radius 2 is 1.56 bits per heavy atom. The molecule has 0 saturated carbocycles. The molecule has 0 saturated heterocycles. The van der Waals surface area contributed by atoms with Crippen molar-refractivity contribution in [2.24, 2.45) is 0 Å². The summed E-state index contributed by atoms with van der Waals surface area (Å²) in [4.78, 5) is 10.5. The van der Waals surface area contributed by atoms with Crippen LogP contribution in [0, 0.1) is 0 Å². The molecule has 9 heteroatoms. The maximum absolute atomic E-state index is 11.9. The van der Waals surface area contributed by atoms with Gasteiger partial charge in [-0.25, -0.2) is 0 Å². The predicted molar refractivity (Wildman–Crippen MR) is 36.0 cm³/mol. The lowest BCUT2D eigenvalue weighted by Gasteiger charge is -2.39. The molecule has 3 nitrogen and oxygen atoms in total. The van der Waals surface area contributed by atoms with Gasteiger partial charge in [-0.15, -0.1) is 0 Å². The van der Waals surface area contributed by atoms with Crippen molar-refractivity contribution < 1.29 is 41.0 Å². The van der Waals surface area contributed by atoms with Crippen molar-refractivity contribution in [2.75, 3.05) is 6.61 Å². The third-order valence-corrected chi connectivity index (χ3v) is 1.42. The van der Waals surface area contributed by atoms with Crippen molar-refractivity contribution >= 4 is 5.97 Å². The quantitative estimate of drug-likeness (QED) is 0.426. The smallest absolute Gasteiger partial charge is 0.399 e. The van der Waals surface area contributed by atoms with Gasteiger partial charge in [-0.2, -0.15) is 26.3 Å². The molecule has 0 aliphatic heterocycles. The lowest BCUT2D eigenvalue weighted by molar-refractivity contribution is -0.574. The molecule has 0 bridgehead atoms. The summed E-state index contributed by atoms with van der Waals surface area (Å²) in [5.41, 5.74) is -5.77. The molecule has 16 heavy (non-hydrogen) atoms. The highest BCUT2D eigenvalue weighted by molar-refractivity contribution is 5.81. The average molecular weight is 251 g/mol. The second-order valence-corrected chi connectivity index (χ2v) is 2.56. The van der Waals surface area contributed by atoms with E-state index in [0.717, 1.165) is 6.08 Å². The summed E-state index contributed by atoms with van der Waals surface area (Å²) in [5.74, 6) is -2.95. The van der Waals surface area contributed by atoms with Gasteiger partial charge in [0.2, 0.25) is 0 Å². The Labute approximate surface area is 85.3 Å². The van der Waals surface area contributed by atoms with Crippen LogP contribution in [0.2, 0.25) is 0 Å². The topological polar surface area (TPSA) is 49.4 Å². The van der Waals surface area contributed by atoms with Crippen LogP contribution >= 0.6 is 0 Å². The summed E-state index contributed by atoms with van der Waals surface area (Å²) in [5, 5.41) is 10.6. The summed E-state index contributed by atoms with van der Waals surface area (Å²) < 4.78 is 75.0. The van der Waals surface area contributed by atoms with Gasteiger partial charge in [0, 0.05) is 0 Å². The van der Waals surface area contributed by atoms with E-state index in [4.69, 9.17) is 0 Å². The number of carbonyl (C=O) groups excluding carboxylic acids is 1. The van der Waals surface area contributed by atoms with E-state index < -0.39 is 30.5 Å². The SMILES string of the molecule is C=CCOC(=O)C([O-])(C(F)(F)F)C(F)(F)F. The highest BCUT2D eigenvalue weighted by atomic mass is 19.4. The molecule has 0 aromatic carbocycles. The van der Waals surface area contributed by atoms with Crippen LogP contribution in [-0.4, -0.2) is 30.5 Å². The Morgan fingerprint density at radius 3 is 1.81 bits per heavy atom. The van der Waals surface area contributed by atoms with Gasteiger partial charge in [0.05, 0.1) is 0 Å². The summed E-state index contributed by atoms with van der Waals surface area (Å²) >= 11 is 0. The van der Waals surface area contributed by atoms with Crippen molar-refractivity contribution in [3.8, 4) is 0 Å². The Kier molecular flexibility index (Phi) is 3.98. The molecule has 0 amide bonds. The van der Waals surface area contributed by atoms with Crippen LogP contribution in [0.1, 0.15) is 0 Å². The normalized spacial score (nSPS) is 13.4. The molecule has 0 aromatic rings. The van der Waals surface area contributed by atoms with E-state index in [1.54, 1.807) is 0 Å². The van der Waals surface area contributed by atoms with Crippen LogP contribution in [0.5, 0.6) is 0 Å². The zero-order chi connectivity index (χ0) is 13.2. The van der Waals surface area contributed by atoms with Gasteiger partial charge >= 0.3 is 18.3 Å². The molecule has 0 aliphatic carbocycles. The monoisotopic (exact) mass is 251 g/mol. The first kappa shape index (κ1) is 14.8. The van der Waals surface area contributed by atoms with Gasteiger partial charge in [-0.3, -0.25) is 4.79 Å². The van der Waals surface area contributed by atoms with E-state index in [2.05, 4.69) is 11.3 Å². The molecule has 0 radical (unpaired) electrons. The highest BCUT2D eigenvalue weighted by Crippen LogP contribution is 2.41. The molecule has 0 N–H and O–H groups in total. The maximum Gasteiger partial charge on any atom is 0.399 e. The Balaban J connectivity index is 5.27. The first-order chi connectivity index (χ1) is 6.98.